The standard InChI is InChI=1S/C121H130O/c1-114(2,3)106-41-25-78(26-42-106)86-57-87(79-27-43-107(44-28-79)115(4,5)6)62-94(61-86)98-69-99(95-63-88(80-29-45-108(46-30-80)116(7,8)9)58-89(64-95)81-31-47-109(48-32-81)117(10,11)12)72-102(71-98)104-75-105(77-122-76-104)103-73-100(96-65-90(82-33-49-110(50-34-82)118(13,14)15)59-91(66-96)83-35-51-111(52-36-83)119(16,17)18)70-101(74-103)97-67-92(84-37-53-112(54-38-84)120(19,20)21)60-93(68-97)85-39-55-113(56-40-85)121(22,23)24/h25-74,104-105H,75-77H2,1-24H3. The number of hydrogen-bond acceptors (Lipinski definition) is 1. The normalized spacial score (nSPS) is 14.6. The van der Waals surface area contributed by atoms with E-state index < -0.39 is 0 Å². The summed E-state index contributed by atoms with van der Waals surface area (Å²) in [7, 11) is 0. The molecule has 2 atom stereocenters. The highest BCUT2D eigenvalue weighted by atomic mass is 16.5. The molecule has 0 bridgehead atoms. The fourth-order valence-electron chi connectivity index (χ4n) is 17.5. The summed E-state index contributed by atoms with van der Waals surface area (Å²) in [4.78, 5) is 0. The minimum absolute atomic E-state index is 0.0120. The molecule has 14 aromatic rings. The Morgan fingerprint density at radius 3 is 0.369 bits per heavy atom. The molecule has 1 heterocycles. The fourth-order valence-corrected chi connectivity index (χ4v) is 17.5. The number of rotatable bonds is 14. The van der Waals surface area contributed by atoms with Crippen molar-refractivity contribution >= 4 is 0 Å². The maximum Gasteiger partial charge on any atom is 0.0535 e. The van der Waals surface area contributed by atoms with Crippen molar-refractivity contribution in [1.82, 2.24) is 0 Å². The molecular formula is C121H130O. The quantitative estimate of drug-likeness (QED) is 0.105. The summed E-state index contributed by atoms with van der Waals surface area (Å²) in [6.45, 7) is 56.5. The number of ether oxygens (including phenoxy) is 1. The van der Waals surface area contributed by atoms with Crippen LogP contribution in [0.4, 0.5) is 0 Å². The minimum atomic E-state index is 0.0120. The Balaban J connectivity index is 0.947. The lowest BCUT2D eigenvalue weighted by Crippen LogP contribution is -2.23. The van der Waals surface area contributed by atoms with Gasteiger partial charge in [-0.3, -0.25) is 0 Å². The van der Waals surface area contributed by atoms with E-state index in [0.717, 1.165) is 6.42 Å². The number of hydrogen-bond donors (Lipinski definition) is 0. The predicted molar refractivity (Wildman–Crippen MR) is 529 cm³/mol. The predicted octanol–water partition coefficient (Wildman–Crippen LogP) is 34.4. The van der Waals surface area contributed by atoms with Crippen LogP contribution >= 0.6 is 0 Å². The van der Waals surface area contributed by atoms with Gasteiger partial charge in [0.15, 0.2) is 0 Å². The highest BCUT2D eigenvalue weighted by molar-refractivity contribution is 5.89. The minimum Gasteiger partial charge on any atom is -0.380 e. The van der Waals surface area contributed by atoms with Gasteiger partial charge in [0, 0.05) is 11.8 Å². The van der Waals surface area contributed by atoms with Crippen molar-refractivity contribution in [2.75, 3.05) is 13.2 Å². The van der Waals surface area contributed by atoms with E-state index in [1.807, 2.05) is 0 Å². The smallest absolute Gasteiger partial charge is 0.0535 e. The van der Waals surface area contributed by atoms with Crippen molar-refractivity contribution in [3.8, 4) is 134 Å². The first kappa shape index (κ1) is 86.0. The molecule has 1 saturated heterocycles. The third kappa shape index (κ3) is 19.6. The summed E-state index contributed by atoms with van der Waals surface area (Å²) in [5, 5.41) is 0. The molecule has 0 radical (unpaired) electrons. The van der Waals surface area contributed by atoms with Gasteiger partial charge >= 0.3 is 0 Å². The van der Waals surface area contributed by atoms with Crippen LogP contribution in [-0.2, 0) is 48.1 Å². The zero-order valence-electron chi connectivity index (χ0n) is 77.6. The molecule has 1 nitrogen and oxygen atoms in total. The monoisotopic (exact) mass is 1600 g/mol. The molecule has 0 saturated carbocycles. The van der Waals surface area contributed by atoms with Gasteiger partial charge in [-0.2, -0.15) is 0 Å². The van der Waals surface area contributed by atoms with Crippen LogP contribution in [0.15, 0.2) is 303 Å². The Bertz CT molecular complexity index is 5040. The van der Waals surface area contributed by atoms with Crippen LogP contribution in [0.1, 0.15) is 240 Å². The van der Waals surface area contributed by atoms with Gasteiger partial charge in [-0.25, -0.2) is 0 Å². The van der Waals surface area contributed by atoms with E-state index in [9.17, 15) is 0 Å². The molecule has 1 aliphatic heterocycles. The van der Waals surface area contributed by atoms with Crippen LogP contribution in [0.2, 0.25) is 0 Å². The summed E-state index contributed by atoms with van der Waals surface area (Å²) in [6, 6.07) is 119. The van der Waals surface area contributed by atoms with Crippen molar-refractivity contribution in [2.45, 2.75) is 228 Å². The van der Waals surface area contributed by atoms with Crippen molar-refractivity contribution in [2.24, 2.45) is 0 Å². The average Bonchev–Trinajstić information content (AvgIpc) is 0.770. The zero-order chi connectivity index (χ0) is 87.0. The molecule has 0 aromatic heterocycles. The molecule has 2 unspecified atom stereocenters. The van der Waals surface area contributed by atoms with E-state index in [4.69, 9.17) is 4.74 Å². The van der Waals surface area contributed by atoms with Gasteiger partial charge in [-0.1, -0.05) is 385 Å². The van der Waals surface area contributed by atoms with E-state index in [2.05, 4.69) is 469 Å². The Morgan fingerprint density at radius 2 is 0.254 bits per heavy atom. The van der Waals surface area contributed by atoms with Crippen LogP contribution in [-0.4, -0.2) is 13.2 Å². The first-order valence-electron chi connectivity index (χ1n) is 44.8. The Hall–Kier alpha value is -11.0. The average molecular weight is 1600 g/mol. The molecule has 1 heteroatoms. The van der Waals surface area contributed by atoms with E-state index in [1.165, 1.54) is 189 Å². The van der Waals surface area contributed by atoms with Crippen molar-refractivity contribution in [3.05, 3.63) is 359 Å². The SMILES string of the molecule is CC(C)(C)c1ccc(-c2cc(-c3ccc(C(C)(C)C)cc3)cc(-c3cc(-c4cc(-c5ccc(C(C)(C)C)cc5)cc(-c5ccc(C(C)(C)C)cc5)c4)cc(C4COCC(c5cc(-c6cc(-c7ccc(C(C)(C)C)cc7)cc(-c7ccc(C(C)(C)C)cc7)c6)cc(-c6cc(-c7ccc(C(C)(C)C)cc7)cc(-c7ccc(C(C)(C)C)cc7)c6)c5)C4)c3)c2)cc1. The first-order chi connectivity index (χ1) is 57.4. The summed E-state index contributed by atoms with van der Waals surface area (Å²) in [5.74, 6) is 0.0533. The van der Waals surface area contributed by atoms with E-state index in [-0.39, 0.29) is 55.2 Å². The molecule has 0 N–H and O–H groups in total. The lowest BCUT2D eigenvalue weighted by atomic mass is 9.80. The molecule has 1 aliphatic rings. The summed E-state index contributed by atoms with van der Waals surface area (Å²) < 4.78 is 7.27. The summed E-state index contributed by atoms with van der Waals surface area (Å²) in [5.41, 5.74) is 41.6. The van der Waals surface area contributed by atoms with Crippen LogP contribution in [0.3, 0.4) is 0 Å². The second kappa shape index (κ2) is 33.0. The third-order valence-electron chi connectivity index (χ3n) is 25.8. The lowest BCUT2D eigenvalue weighted by Gasteiger charge is -2.31. The Morgan fingerprint density at radius 1 is 0.148 bits per heavy atom. The van der Waals surface area contributed by atoms with Crippen LogP contribution < -0.4 is 0 Å². The molecule has 0 spiro atoms. The van der Waals surface area contributed by atoms with Gasteiger partial charge in [0.05, 0.1) is 13.2 Å². The lowest BCUT2D eigenvalue weighted by molar-refractivity contribution is 0.0643. The molecule has 0 aliphatic carbocycles. The zero-order valence-corrected chi connectivity index (χ0v) is 77.6. The first-order valence-corrected chi connectivity index (χ1v) is 44.8. The summed E-state index contributed by atoms with van der Waals surface area (Å²) in [6.07, 6.45) is 0.875. The maximum absolute atomic E-state index is 7.27. The van der Waals surface area contributed by atoms with Crippen LogP contribution in [0.25, 0.3) is 134 Å². The van der Waals surface area contributed by atoms with Crippen molar-refractivity contribution < 1.29 is 4.74 Å². The van der Waals surface area contributed by atoms with Crippen molar-refractivity contribution in [3.63, 3.8) is 0 Å². The molecule has 15 rings (SSSR count). The summed E-state index contributed by atoms with van der Waals surface area (Å²) >= 11 is 0. The topological polar surface area (TPSA) is 9.23 Å². The van der Waals surface area contributed by atoms with Gasteiger partial charge in [-0.15, -0.1) is 0 Å². The van der Waals surface area contributed by atoms with Crippen molar-refractivity contribution in [1.29, 1.82) is 0 Å². The van der Waals surface area contributed by atoms with Gasteiger partial charge in [0.2, 0.25) is 0 Å². The highest BCUT2D eigenvalue weighted by Crippen LogP contribution is 2.47. The molecule has 620 valence electrons. The Labute approximate surface area is 733 Å². The molecule has 122 heavy (non-hydrogen) atoms. The van der Waals surface area contributed by atoms with Crippen LogP contribution in [0.5, 0.6) is 0 Å². The molecule has 1 fully saturated rings. The maximum atomic E-state index is 7.27. The highest BCUT2D eigenvalue weighted by Gasteiger charge is 2.30. The second-order valence-corrected chi connectivity index (χ2v) is 43.7. The van der Waals surface area contributed by atoms with E-state index >= 15 is 0 Å². The van der Waals surface area contributed by atoms with Crippen LogP contribution in [0, 0.1) is 0 Å². The van der Waals surface area contributed by atoms with Gasteiger partial charge in [0.25, 0.3) is 0 Å². The molecule has 0 amide bonds. The van der Waals surface area contributed by atoms with E-state index in [0.29, 0.717) is 13.2 Å². The number of benzene rings is 14. The third-order valence-corrected chi connectivity index (χ3v) is 25.8. The largest absolute Gasteiger partial charge is 0.380 e. The molecular weight excluding hydrogens is 1470 g/mol. The van der Waals surface area contributed by atoms with Gasteiger partial charge in [0.1, 0.15) is 0 Å². The Kier molecular flexibility index (Phi) is 23.3. The molecule has 14 aromatic carbocycles. The second-order valence-electron chi connectivity index (χ2n) is 43.7. The fraction of sp³-hybridized carbons (Fsp3) is 0.306. The van der Waals surface area contributed by atoms with Gasteiger partial charge in [-0.05, 0) is 324 Å². The van der Waals surface area contributed by atoms with Gasteiger partial charge < -0.3 is 4.74 Å². The van der Waals surface area contributed by atoms with E-state index in [1.54, 1.807) is 0 Å².